The monoisotopic (exact) mass is 181 g/mol. The highest BCUT2D eigenvalue weighted by atomic mass is 35.5. The lowest BCUT2D eigenvalue weighted by Gasteiger charge is -1.90. The minimum atomic E-state index is -0.961. The summed E-state index contributed by atoms with van der Waals surface area (Å²) in [5.41, 5.74) is 4.92. The van der Waals surface area contributed by atoms with Crippen LogP contribution in [0.25, 0.3) is 0 Å². The zero-order chi connectivity index (χ0) is 9.28. The highest BCUT2D eigenvalue weighted by Crippen LogP contribution is 1.87. The van der Waals surface area contributed by atoms with E-state index in [4.69, 9.17) is 10.8 Å². The second kappa shape index (κ2) is 9.39. The van der Waals surface area contributed by atoms with E-state index in [1.165, 1.54) is 6.38 Å². The van der Waals surface area contributed by atoms with Crippen LogP contribution >= 0.6 is 11.6 Å². The molecule has 66 valence electrons. The van der Waals surface area contributed by atoms with E-state index in [0.717, 1.165) is 0 Å². The van der Waals surface area contributed by atoms with Crippen LogP contribution in [0.4, 0.5) is 0 Å². The Bertz CT molecular complexity index is 127. The van der Waals surface area contributed by atoms with Gasteiger partial charge < -0.3 is 10.8 Å². The van der Waals surface area contributed by atoms with Crippen molar-refractivity contribution in [2.45, 2.75) is 12.8 Å². The van der Waals surface area contributed by atoms with Gasteiger partial charge in [0.2, 0.25) is 0 Å². The molecule has 0 saturated heterocycles. The van der Waals surface area contributed by atoms with Crippen LogP contribution in [-0.2, 0) is 9.59 Å². The molecule has 0 amide bonds. The molecule has 0 aliphatic carbocycles. The topological polar surface area (TPSA) is 80.4 Å². The molecular weight excluding hydrogens is 170 g/mol. The van der Waals surface area contributed by atoms with Gasteiger partial charge in [-0.2, -0.15) is 0 Å². The van der Waals surface area contributed by atoms with Gasteiger partial charge in [-0.1, -0.05) is 0 Å². The molecule has 0 radical (unpaired) electrons. The van der Waals surface area contributed by atoms with E-state index in [0.29, 0.717) is 0 Å². The first-order valence-electron chi connectivity index (χ1n) is 2.98. The Balaban J connectivity index is 0. The summed E-state index contributed by atoms with van der Waals surface area (Å²) in [4.78, 5) is 20.2. The van der Waals surface area contributed by atoms with Gasteiger partial charge in [0.1, 0.15) is 5.78 Å². The molecule has 0 fully saturated rings. The van der Waals surface area contributed by atoms with Gasteiger partial charge in [-0.05, 0) is 0 Å². The second-order valence-corrected chi connectivity index (χ2v) is 1.64. The van der Waals surface area contributed by atoms with E-state index in [2.05, 4.69) is 11.6 Å². The first kappa shape index (κ1) is 13.0. The normalized spacial score (nSPS) is 7.91. The quantitative estimate of drug-likeness (QED) is 0.609. The van der Waals surface area contributed by atoms with Crippen molar-refractivity contribution < 1.29 is 14.7 Å². The predicted molar refractivity (Wildman–Crippen MR) is 42.7 cm³/mol. The number of Topliss-reactive ketones (excluding diaryl/α,β-unsaturated/α-hetero) is 1. The van der Waals surface area contributed by atoms with Gasteiger partial charge in [-0.15, -0.1) is 11.6 Å². The Kier molecular flexibility index (Phi) is 11.1. The molecule has 5 heteroatoms. The largest absolute Gasteiger partial charge is 0.481 e. The van der Waals surface area contributed by atoms with E-state index in [-0.39, 0.29) is 25.2 Å². The standard InChI is InChI=1S/C5H9NO3.CH3Cl/c6-3-4(7)1-2-5(8)9;1-2/h1-3,6H2,(H,8,9);1H3. The van der Waals surface area contributed by atoms with Crippen LogP contribution in [0, 0.1) is 0 Å². The van der Waals surface area contributed by atoms with Crippen LogP contribution in [0.1, 0.15) is 12.8 Å². The van der Waals surface area contributed by atoms with Gasteiger partial charge in [0.05, 0.1) is 13.0 Å². The molecule has 0 bridgehead atoms. The summed E-state index contributed by atoms with van der Waals surface area (Å²) in [6, 6.07) is 0. The van der Waals surface area contributed by atoms with E-state index in [1.807, 2.05) is 0 Å². The first-order valence-corrected chi connectivity index (χ1v) is 3.73. The molecule has 0 aromatic rings. The van der Waals surface area contributed by atoms with Gasteiger partial charge in [0.25, 0.3) is 0 Å². The number of nitrogens with two attached hydrogens (primary N) is 1. The maximum absolute atomic E-state index is 10.3. The third-order valence-corrected chi connectivity index (χ3v) is 0.845. The van der Waals surface area contributed by atoms with Crippen LogP contribution in [0.2, 0.25) is 0 Å². The molecule has 0 atom stereocenters. The number of halogens is 1. The number of hydrogen-bond donors (Lipinski definition) is 2. The van der Waals surface area contributed by atoms with E-state index >= 15 is 0 Å². The molecular formula is C6H12ClNO3. The third-order valence-electron chi connectivity index (χ3n) is 0.845. The van der Waals surface area contributed by atoms with Crippen molar-refractivity contribution in [2.75, 3.05) is 12.9 Å². The molecule has 0 aliphatic rings. The minimum Gasteiger partial charge on any atom is -0.481 e. The highest BCUT2D eigenvalue weighted by molar-refractivity contribution is 6.15. The van der Waals surface area contributed by atoms with Gasteiger partial charge in [-0.3, -0.25) is 9.59 Å². The fourth-order valence-electron chi connectivity index (χ4n) is 0.348. The molecule has 11 heavy (non-hydrogen) atoms. The Morgan fingerprint density at radius 1 is 1.36 bits per heavy atom. The van der Waals surface area contributed by atoms with Crippen molar-refractivity contribution in [1.82, 2.24) is 0 Å². The summed E-state index contributed by atoms with van der Waals surface area (Å²) in [7, 11) is 0. The van der Waals surface area contributed by atoms with Crippen LogP contribution in [0.5, 0.6) is 0 Å². The SMILES string of the molecule is CCl.NCC(=O)CCC(=O)O. The van der Waals surface area contributed by atoms with Crippen LogP contribution < -0.4 is 5.73 Å². The van der Waals surface area contributed by atoms with Crippen LogP contribution in [-0.4, -0.2) is 29.8 Å². The Hall–Kier alpha value is -0.610. The summed E-state index contributed by atoms with van der Waals surface area (Å²) in [6.45, 7) is -0.0622. The van der Waals surface area contributed by atoms with E-state index in [9.17, 15) is 9.59 Å². The lowest BCUT2D eigenvalue weighted by Crippen LogP contribution is -2.14. The van der Waals surface area contributed by atoms with E-state index < -0.39 is 5.97 Å². The molecule has 0 aliphatic heterocycles. The van der Waals surface area contributed by atoms with Crippen molar-refractivity contribution >= 4 is 23.4 Å². The summed E-state index contributed by atoms with van der Waals surface area (Å²) in [5, 5.41) is 8.06. The number of carboxylic acids is 1. The summed E-state index contributed by atoms with van der Waals surface area (Å²) in [5.74, 6) is -1.17. The number of aliphatic carboxylic acids is 1. The number of hydrogen-bond acceptors (Lipinski definition) is 3. The van der Waals surface area contributed by atoms with E-state index in [1.54, 1.807) is 0 Å². The highest BCUT2D eigenvalue weighted by Gasteiger charge is 2.01. The summed E-state index contributed by atoms with van der Waals surface area (Å²) < 4.78 is 0. The minimum absolute atomic E-state index is 0.0475. The maximum Gasteiger partial charge on any atom is 0.303 e. The first-order chi connectivity index (χ1) is 5.16. The zero-order valence-electron chi connectivity index (χ0n) is 6.34. The second-order valence-electron chi connectivity index (χ2n) is 1.64. The number of carboxylic acid groups (broad SMARTS) is 1. The fraction of sp³-hybridized carbons (Fsp3) is 0.667. The van der Waals surface area contributed by atoms with Crippen LogP contribution in [0.15, 0.2) is 0 Å². The molecule has 0 aromatic heterocycles. The average molecular weight is 182 g/mol. The van der Waals surface area contributed by atoms with Crippen molar-refractivity contribution in [3.63, 3.8) is 0 Å². The Morgan fingerprint density at radius 3 is 2.09 bits per heavy atom. The molecule has 0 unspecified atom stereocenters. The Morgan fingerprint density at radius 2 is 1.82 bits per heavy atom. The molecule has 0 rings (SSSR count). The summed E-state index contributed by atoms with van der Waals surface area (Å²) in [6.07, 6.45) is 1.40. The number of rotatable bonds is 4. The molecule has 4 nitrogen and oxygen atoms in total. The molecule has 0 saturated carbocycles. The Labute approximate surface area is 70.3 Å². The molecule has 3 N–H and O–H groups in total. The van der Waals surface area contributed by atoms with Gasteiger partial charge in [0, 0.05) is 12.8 Å². The lowest BCUT2D eigenvalue weighted by atomic mass is 10.2. The molecule has 0 heterocycles. The van der Waals surface area contributed by atoms with Gasteiger partial charge >= 0.3 is 5.97 Å². The van der Waals surface area contributed by atoms with Gasteiger partial charge in [0.15, 0.2) is 0 Å². The number of ketones is 1. The smallest absolute Gasteiger partial charge is 0.303 e. The third kappa shape index (κ3) is 12.6. The molecule has 0 spiro atoms. The zero-order valence-corrected chi connectivity index (χ0v) is 7.10. The summed E-state index contributed by atoms with van der Waals surface area (Å²) >= 11 is 4.64. The fourth-order valence-corrected chi connectivity index (χ4v) is 0.348. The van der Waals surface area contributed by atoms with Crippen molar-refractivity contribution in [3.8, 4) is 0 Å². The van der Waals surface area contributed by atoms with Crippen molar-refractivity contribution in [3.05, 3.63) is 0 Å². The lowest BCUT2D eigenvalue weighted by molar-refractivity contribution is -0.138. The maximum atomic E-state index is 10.3. The number of carbonyl (C=O) groups excluding carboxylic acids is 1. The van der Waals surface area contributed by atoms with Crippen molar-refractivity contribution in [1.29, 1.82) is 0 Å². The molecule has 0 aromatic carbocycles. The predicted octanol–water partition coefficient (Wildman–Crippen LogP) is 0.234. The number of carbonyl (C=O) groups is 2. The van der Waals surface area contributed by atoms with Gasteiger partial charge in [-0.25, -0.2) is 0 Å². The van der Waals surface area contributed by atoms with Crippen LogP contribution in [0.3, 0.4) is 0 Å². The van der Waals surface area contributed by atoms with Crippen molar-refractivity contribution in [2.24, 2.45) is 5.73 Å². The average Bonchev–Trinajstić information content (AvgIpc) is 2.04. The number of alkyl halides is 1.